The number of carbonyl (C=O) groups is 1. The molecular weight excluding hydrogens is 446 g/mol. The van der Waals surface area contributed by atoms with Crippen LogP contribution in [0.1, 0.15) is 150 Å². The zero-order valence-electron chi connectivity index (χ0n) is 22.7. The molecule has 5 heteroatoms. The van der Waals surface area contributed by atoms with Crippen LogP contribution in [0.15, 0.2) is 0 Å². The molecule has 0 aromatic heterocycles. The first kappa shape index (κ1) is 33.0. The number of alkyl carbamates (subject to hydrolysis) is 1. The van der Waals surface area contributed by atoms with E-state index in [0.717, 1.165) is 13.0 Å². The summed E-state index contributed by atoms with van der Waals surface area (Å²) in [5.41, 5.74) is -0.409. The van der Waals surface area contributed by atoms with Gasteiger partial charge in [-0.15, -0.1) is 0 Å². The van der Waals surface area contributed by atoms with Gasteiger partial charge in [-0.2, -0.15) is 0 Å². The predicted octanol–water partition coefficient (Wildman–Crippen LogP) is 10.3. The van der Waals surface area contributed by atoms with Gasteiger partial charge in [0.2, 0.25) is 0 Å². The Morgan fingerprint density at radius 2 is 0.970 bits per heavy atom. The molecule has 198 valence electrons. The second-order valence-corrected chi connectivity index (χ2v) is 13.1. The number of hydrogen-bond donors (Lipinski definition) is 1. The van der Waals surface area contributed by atoms with Gasteiger partial charge in [0.05, 0.1) is 0 Å². The lowest BCUT2D eigenvalue weighted by atomic mass is 10.1. The molecule has 0 rings (SSSR count). The van der Waals surface area contributed by atoms with Crippen molar-refractivity contribution in [1.82, 2.24) is 5.32 Å². The van der Waals surface area contributed by atoms with Crippen LogP contribution in [-0.4, -0.2) is 29.7 Å². The van der Waals surface area contributed by atoms with E-state index >= 15 is 0 Å². The molecule has 0 spiro atoms. The van der Waals surface area contributed by atoms with Crippen LogP contribution in [0.5, 0.6) is 0 Å². The van der Waals surface area contributed by atoms with Gasteiger partial charge in [0.25, 0.3) is 0 Å². The molecule has 33 heavy (non-hydrogen) atoms. The van der Waals surface area contributed by atoms with Crippen molar-refractivity contribution in [3.8, 4) is 0 Å². The highest BCUT2D eigenvalue weighted by Crippen LogP contribution is 2.25. The average Bonchev–Trinajstić information content (AvgIpc) is 2.75. The number of amides is 1. The summed E-state index contributed by atoms with van der Waals surface area (Å²) < 4.78 is 5.24. The van der Waals surface area contributed by atoms with Crippen LogP contribution < -0.4 is 5.32 Å². The predicted molar refractivity (Wildman–Crippen MR) is 153 cm³/mol. The molecule has 0 bridgehead atoms. The van der Waals surface area contributed by atoms with E-state index in [4.69, 9.17) is 4.74 Å². The number of rotatable bonds is 24. The molecule has 0 radical (unpaired) electrons. The summed E-state index contributed by atoms with van der Waals surface area (Å²) in [6.07, 6.45) is 25.8. The van der Waals surface area contributed by atoms with Crippen molar-refractivity contribution in [3.63, 3.8) is 0 Å². The molecule has 0 heterocycles. The summed E-state index contributed by atoms with van der Waals surface area (Å²) in [6, 6.07) is 0. The van der Waals surface area contributed by atoms with E-state index in [1.807, 2.05) is 20.8 Å². The molecule has 0 aliphatic heterocycles. The molecule has 0 aromatic rings. The van der Waals surface area contributed by atoms with E-state index in [-0.39, 0.29) is 6.09 Å². The summed E-state index contributed by atoms with van der Waals surface area (Å²) in [7, 11) is 4.19. The SMILES string of the molecule is CCCCCCCCCCCCSSCCCCCCCCCCCNC(=O)OC(C)(C)C. The van der Waals surface area contributed by atoms with Crippen molar-refractivity contribution in [2.45, 2.75) is 155 Å². The molecule has 0 fully saturated rings. The van der Waals surface area contributed by atoms with Gasteiger partial charge in [0, 0.05) is 18.1 Å². The van der Waals surface area contributed by atoms with E-state index in [9.17, 15) is 4.79 Å². The van der Waals surface area contributed by atoms with E-state index in [1.54, 1.807) is 0 Å². The largest absolute Gasteiger partial charge is 0.444 e. The molecule has 0 aliphatic carbocycles. The van der Waals surface area contributed by atoms with Crippen LogP contribution in [0, 0.1) is 0 Å². The van der Waals surface area contributed by atoms with Crippen LogP contribution in [-0.2, 0) is 4.74 Å². The number of ether oxygens (including phenoxy) is 1. The second kappa shape index (κ2) is 25.1. The monoisotopic (exact) mass is 503 g/mol. The Balaban J connectivity index is 3.10. The fourth-order valence-corrected chi connectivity index (χ4v) is 6.09. The lowest BCUT2D eigenvalue weighted by molar-refractivity contribution is 0.0527. The van der Waals surface area contributed by atoms with Crippen molar-refractivity contribution in [2.75, 3.05) is 18.1 Å². The van der Waals surface area contributed by atoms with Crippen LogP contribution >= 0.6 is 21.6 Å². The zero-order chi connectivity index (χ0) is 24.5. The third kappa shape index (κ3) is 29.9. The van der Waals surface area contributed by atoms with Gasteiger partial charge in [0.1, 0.15) is 5.60 Å². The van der Waals surface area contributed by atoms with Crippen LogP contribution in [0.4, 0.5) is 4.79 Å². The maximum atomic E-state index is 11.5. The fourth-order valence-electron chi connectivity index (χ4n) is 3.79. The fraction of sp³-hybridized carbons (Fsp3) is 0.964. The normalized spacial score (nSPS) is 11.6. The minimum Gasteiger partial charge on any atom is -0.444 e. The molecule has 1 amide bonds. The van der Waals surface area contributed by atoms with Gasteiger partial charge < -0.3 is 10.1 Å². The van der Waals surface area contributed by atoms with Gasteiger partial charge in [-0.05, 0) is 40.0 Å². The van der Waals surface area contributed by atoms with Gasteiger partial charge >= 0.3 is 6.09 Å². The Morgan fingerprint density at radius 1 is 0.606 bits per heavy atom. The van der Waals surface area contributed by atoms with Gasteiger partial charge in [0.15, 0.2) is 0 Å². The van der Waals surface area contributed by atoms with E-state index < -0.39 is 5.60 Å². The number of nitrogens with one attached hydrogen (secondary N) is 1. The molecule has 3 nitrogen and oxygen atoms in total. The average molecular weight is 504 g/mol. The summed E-state index contributed by atoms with van der Waals surface area (Å²) in [6.45, 7) is 8.70. The third-order valence-electron chi connectivity index (χ3n) is 5.74. The Hall–Kier alpha value is -0.0300. The van der Waals surface area contributed by atoms with Crippen LogP contribution in [0.2, 0.25) is 0 Å². The third-order valence-corrected chi connectivity index (χ3v) is 8.31. The molecule has 0 aliphatic rings. The first-order chi connectivity index (χ1) is 16.0. The summed E-state index contributed by atoms with van der Waals surface area (Å²) in [5.74, 6) is 2.67. The topological polar surface area (TPSA) is 38.3 Å². The minimum absolute atomic E-state index is 0.294. The molecule has 0 saturated heterocycles. The molecule has 0 atom stereocenters. The number of carbonyl (C=O) groups excluding carboxylic acids is 1. The van der Waals surface area contributed by atoms with Crippen molar-refractivity contribution in [1.29, 1.82) is 0 Å². The van der Waals surface area contributed by atoms with Gasteiger partial charge in [-0.3, -0.25) is 0 Å². The van der Waals surface area contributed by atoms with E-state index in [1.165, 1.54) is 127 Å². The summed E-state index contributed by atoms with van der Waals surface area (Å²) in [5, 5.41) is 2.84. The first-order valence-electron chi connectivity index (χ1n) is 14.2. The lowest BCUT2D eigenvalue weighted by Crippen LogP contribution is -2.32. The Bertz CT molecular complexity index is 413. The van der Waals surface area contributed by atoms with Crippen LogP contribution in [0.25, 0.3) is 0 Å². The maximum absolute atomic E-state index is 11.5. The molecule has 0 aromatic carbocycles. The highest BCUT2D eigenvalue weighted by atomic mass is 33.1. The van der Waals surface area contributed by atoms with Gasteiger partial charge in [-0.25, -0.2) is 4.79 Å². The van der Waals surface area contributed by atoms with Crippen molar-refractivity contribution in [2.24, 2.45) is 0 Å². The molecule has 0 unspecified atom stereocenters. The number of unbranched alkanes of at least 4 members (excludes halogenated alkanes) is 17. The Labute approximate surface area is 215 Å². The minimum atomic E-state index is -0.409. The van der Waals surface area contributed by atoms with Crippen molar-refractivity contribution >= 4 is 27.7 Å². The highest BCUT2D eigenvalue weighted by molar-refractivity contribution is 8.76. The molecular formula is C28H57NO2S2. The standard InChI is InChI=1S/C28H57NO2S2/c1-5-6-7-8-9-10-13-16-19-22-25-32-33-26-23-20-17-14-11-12-15-18-21-24-29-27(30)31-28(2,3)4/h5-26H2,1-4H3,(H,29,30). The summed E-state index contributed by atoms with van der Waals surface area (Å²) >= 11 is 0. The molecule has 0 saturated carbocycles. The lowest BCUT2D eigenvalue weighted by Gasteiger charge is -2.19. The summed E-state index contributed by atoms with van der Waals surface area (Å²) in [4.78, 5) is 11.5. The van der Waals surface area contributed by atoms with Crippen LogP contribution in [0.3, 0.4) is 0 Å². The number of hydrogen-bond acceptors (Lipinski definition) is 4. The Kier molecular flexibility index (Phi) is 25.1. The zero-order valence-corrected chi connectivity index (χ0v) is 24.3. The van der Waals surface area contributed by atoms with E-state index in [0.29, 0.717) is 0 Å². The van der Waals surface area contributed by atoms with Crippen molar-refractivity contribution in [3.05, 3.63) is 0 Å². The highest BCUT2D eigenvalue weighted by Gasteiger charge is 2.15. The quantitative estimate of drug-likeness (QED) is 0.105. The second-order valence-electron chi connectivity index (χ2n) is 10.4. The smallest absolute Gasteiger partial charge is 0.407 e. The first-order valence-corrected chi connectivity index (χ1v) is 16.7. The molecule has 1 N–H and O–H groups in total. The van der Waals surface area contributed by atoms with Crippen molar-refractivity contribution < 1.29 is 9.53 Å². The van der Waals surface area contributed by atoms with Gasteiger partial charge in [-0.1, -0.05) is 131 Å². The van der Waals surface area contributed by atoms with E-state index in [2.05, 4.69) is 33.8 Å². The Morgan fingerprint density at radius 3 is 1.36 bits per heavy atom. The maximum Gasteiger partial charge on any atom is 0.407 e.